The van der Waals surface area contributed by atoms with Crippen LogP contribution in [0, 0.1) is 12.7 Å². The average molecular weight is 308 g/mol. The van der Waals surface area contributed by atoms with E-state index >= 15 is 0 Å². The van der Waals surface area contributed by atoms with Crippen LogP contribution in [0.3, 0.4) is 0 Å². The van der Waals surface area contributed by atoms with E-state index in [0.29, 0.717) is 5.69 Å². The maximum absolute atomic E-state index is 13.3. The minimum Gasteiger partial charge on any atom is -0.366 e. The Balaban J connectivity index is 2.27. The second kappa shape index (κ2) is 5.88. The van der Waals surface area contributed by atoms with Gasteiger partial charge in [-0.05, 0) is 31.2 Å². The predicted molar refractivity (Wildman–Crippen MR) is 76.9 cm³/mol. The number of halogens is 2. The van der Waals surface area contributed by atoms with Crippen molar-refractivity contribution >= 4 is 29.1 Å². The molecule has 0 fully saturated rings. The van der Waals surface area contributed by atoms with Gasteiger partial charge < -0.3 is 11.1 Å². The van der Waals surface area contributed by atoms with Crippen LogP contribution >= 0.6 is 11.6 Å². The largest absolute Gasteiger partial charge is 0.366 e. The van der Waals surface area contributed by atoms with E-state index in [4.69, 9.17) is 17.3 Å². The van der Waals surface area contributed by atoms with Gasteiger partial charge in [0.05, 0.1) is 16.1 Å². The molecule has 0 saturated carbocycles. The minimum atomic E-state index is -0.918. The Labute approximate surface area is 124 Å². The number of hydrogen-bond donors (Lipinski definition) is 2. The molecule has 7 heteroatoms. The second-order valence-corrected chi connectivity index (χ2v) is 4.73. The van der Waals surface area contributed by atoms with Gasteiger partial charge in [0.15, 0.2) is 0 Å². The first-order valence-corrected chi connectivity index (χ1v) is 6.29. The van der Waals surface area contributed by atoms with Crippen LogP contribution in [0.4, 0.5) is 10.1 Å². The number of carbonyl (C=O) groups is 2. The molecule has 2 rings (SSSR count). The summed E-state index contributed by atoms with van der Waals surface area (Å²) in [6.45, 7) is 1.74. The molecule has 0 atom stereocenters. The molecule has 0 aliphatic carbocycles. The Bertz CT molecular complexity index is 734. The topological polar surface area (TPSA) is 85.1 Å². The van der Waals surface area contributed by atoms with Gasteiger partial charge in [0, 0.05) is 17.6 Å². The predicted octanol–water partition coefficient (Wildman–Crippen LogP) is 2.53. The Kier molecular flexibility index (Phi) is 4.18. The van der Waals surface area contributed by atoms with Crippen molar-refractivity contribution in [3.05, 3.63) is 58.1 Å². The molecule has 0 saturated heterocycles. The van der Waals surface area contributed by atoms with Crippen molar-refractivity contribution in [2.75, 3.05) is 5.32 Å². The summed E-state index contributed by atoms with van der Waals surface area (Å²) in [5, 5.41) is 2.75. The number of pyridine rings is 1. The smallest absolute Gasteiger partial charge is 0.258 e. The Morgan fingerprint density at radius 3 is 2.62 bits per heavy atom. The van der Waals surface area contributed by atoms with Gasteiger partial charge in [-0.15, -0.1) is 0 Å². The van der Waals surface area contributed by atoms with Crippen LogP contribution < -0.4 is 11.1 Å². The van der Waals surface area contributed by atoms with Crippen LogP contribution in [0.25, 0.3) is 0 Å². The summed E-state index contributed by atoms with van der Waals surface area (Å²) in [5.74, 6) is -2.19. The van der Waals surface area contributed by atoms with E-state index in [0.717, 1.165) is 12.1 Å². The van der Waals surface area contributed by atoms with Gasteiger partial charge in [0.1, 0.15) is 5.82 Å². The molecule has 0 spiro atoms. The molecule has 0 aliphatic heterocycles. The lowest BCUT2D eigenvalue weighted by atomic mass is 10.1. The minimum absolute atomic E-state index is 0.173. The van der Waals surface area contributed by atoms with E-state index in [1.165, 1.54) is 12.3 Å². The number of benzene rings is 1. The van der Waals surface area contributed by atoms with Gasteiger partial charge in [-0.25, -0.2) is 4.39 Å². The molecule has 1 aromatic carbocycles. The molecule has 21 heavy (non-hydrogen) atoms. The van der Waals surface area contributed by atoms with Gasteiger partial charge in [0.2, 0.25) is 0 Å². The summed E-state index contributed by atoms with van der Waals surface area (Å²) in [7, 11) is 0. The van der Waals surface area contributed by atoms with Crippen LogP contribution in [-0.2, 0) is 0 Å². The number of nitrogens with zero attached hydrogens (tertiary/aromatic N) is 1. The fourth-order valence-corrected chi connectivity index (χ4v) is 1.98. The van der Waals surface area contributed by atoms with Crippen LogP contribution in [0.5, 0.6) is 0 Å². The number of carbonyl (C=O) groups excluding carboxylic acids is 2. The first-order valence-electron chi connectivity index (χ1n) is 5.91. The molecule has 2 aromatic rings. The zero-order valence-electron chi connectivity index (χ0n) is 11.0. The molecule has 3 N–H and O–H groups in total. The number of primary amides is 1. The second-order valence-electron chi connectivity index (χ2n) is 4.32. The van der Waals surface area contributed by atoms with Gasteiger partial charge >= 0.3 is 0 Å². The molecule has 108 valence electrons. The van der Waals surface area contributed by atoms with Crippen LogP contribution in [0.2, 0.25) is 5.02 Å². The Hall–Kier alpha value is -2.47. The number of hydrogen-bond acceptors (Lipinski definition) is 3. The summed E-state index contributed by atoms with van der Waals surface area (Å²) in [6, 6.07) is 5.07. The highest BCUT2D eigenvalue weighted by atomic mass is 35.5. The Morgan fingerprint density at radius 1 is 1.29 bits per heavy atom. The maximum atomic E-state index is 13.3. The molecule has 1 aromatic heterocycles. The van der Waals surface area contributed by atoms with Gasteiger partial charge in [-0.1, -0.05) is 11.6 Å². The monoisotopic (exact) mass is 307 g/mol. The number of nitrogens with one attached hydrogen (secondary N) is 1. The van der Waals surface area contributed by atoms with E-state index < -0.39 is 17.6 Å². The number of nitrogens with two attached hydrogens (primary N) is 1. The normalized spacial score (nSPS) is 10.2. The van der Waals surface area contributed by atoms with Crippen LogP contribution in [0.15, 0.2) is 30.5 Å². The SMILES string of the molecule is Cc1cc(Cl)c(C(=O)Nc2ccc(F)c(C(N)=O)c2)cn1. The standard InChI is InChI=1S/C14H11ClFN3O2/c1-7-4-11(15)10(6-18-7)14(21)19-8-2-3-12(16)9(5-8)13(17)20/h2-6H,1H3,(H2,17,20)(H,19,21). The van der Waals surface area contributed by atoms with Crippen LogP contribution in [0.1, 0.15) is 26.4 Å². The van der Waals surface area contributed by atoms with Crippen LogP contribution in [-0.4, -0.2) is 16.8 Å². The fourth-order valence-electron chi connectivity index (χ4n) is 1.68. The molecule has 0 radical (unpaired) electrons. The van der Waals surface area contributed by atoms with Crippen molar-refractivity contribution in [1.82, 2.24) is 4.98 Å². The highest BCUT2D eigenvalue weighted by Crippen LogP contribution is 2.19. The maximum Gasteiger partial charge on any atom is 0.258 e. The fraction of sp³-hybridized carbons (Fsp3) is 0.0714. The van der Waals surface area contributed by atoms with Gasteiger partial charge in [-0.3, -0.25) is 14.6 Å². The van der Waals surface area contributed by atoms with E-state index in [9.17, 15) is 14.0 Å². The van der Waals surface area contributed by atoms with Gasteiger partial charge in [-0.2, -0.15) is 0 Å². The molecular formula is C14H11ClFN3O2. The molecule has 5 nitrogen and oxygen atoms in total. The molecule has 1 heterocycles. The lowest BCUT2D eigenvalue weighted by Crippen LogP contribution is -2.16. The molecule has 0 bridgehead atoms. The lowest BCUT2D eigenvalue weighted by Gasteiger charge is -2.08. The lowest BCUT2D eigenvalue weighted by molar-refractivity contribution is 0.0992. The quantitative estimate of drug-likeness (QED) is 0.913. The third-order valence-corrected chi connectivity index (χ3v) is 3.04. The third kappa shape index (κ3) is 3.35. The Morgan fingerprint density at radius 2 is 2.00 bits per heavy atom. The van der Waals surface area contributed by atoms with E-state index in [2.05, 4.69) is 10.3 Å². The summed E-state index contributed by atoms with van der Waals surface area (Å²) in [6.07, 6.45) is 1.34. The number of rotatable bonds is 3. The van der Waals surface area contributed by atoms with E-state index in [-0.39, 0.29) is 21.8 Å². The first kappa shape index (κ1) is 14.9. The zero-order chi connectivity index (χ0) is 15.6. The summed E-state index contributed by atoms with van der Waals surface area (Å²) in [4.78, 5) is 27.1. The van der Waals surface area contributed by atoms with E-state index in [1.54, 1.807) is 13.0 Å². The zero-order valence-corrected chi connectivity index (χ0v) is 11.7. The number of amides is 2. The number of aryl methyl sites for hydroxylation is 1. The van der Waals surface area contributed by atoms with Crippen molar-refractivity contribution in [2.45, 2.75) is 6.92 Å². The van der Waals surface area contributed by atoms with Crippen molar-refractivity contribution in [2.24, 2.45) is 5.73 Å². The molecule has 0 unspecified atom stereocenters. The summed E-state index contributed by atoms with van der Waals surface area (Å²) < 4.78 is 13.3. The van der Waals surface area contributed by atoms with Crippen molar-refractivity contribution in [1.29, 1.82) is 0 Å². The number of anilines is 1. The highest BCUT2D eigenvalue weighted by molar-refractivity contribution is 6.34. The van der Waals surface area contributed by atoms with Crippen molar-refractivity contribution < 1.29 is 14.0 Å². The molecule has 2 amide bonds. The van der Waals surface area contributed by atoms with Gasteiger partial charge in [0.25, 0.3) is 11.8 Å². The van der Waals surface area contributed by atoms with E-state index in [1.807, 2.05) is 0 Å². The summed E-state index contributed by atoms with van der Waals surface area (Å²) in [5.41, 5.74) is 5.82. The van der Waals surface area contributed by atoms with Crippen molar-refractivity contribution in [3.8, 4) is 0 Å². The third-order valence-electron chi connectivity index (χ3n) is 2.72. The first-order chi connectivity index (χ1) is 9.88. The molecule has 0 aliphatic rings. The highest BCUT2D eigenvalue weighted by Gasteiger charge is 2.14. The summed E-state index contributed by atoms with van der Waals surface area (Å²) >= 11 is 5.96. The number of aromatic nitrogens is 1. The average Bonchev–Trinajstić information content (AvgIpc) is 2.40. The molecular weight excluding hydrogens is 297 g/mol. The van der Waals surface area contributed by atoms with Crippen molar-refractivity contribution in [3.63, 3.8) is 0 Å².